The number of aromatic nitrogens is 2. The van der Waals surface area contributed by atoms with Crippen LogP contribution in [0.4, 0.5) is 0 Å². The monoisotopic (exact) mass is 366 g/mol. The van der Waals surface area contributed by atoms with E-state index in [1.54, 1.807) is 18.5 Å². The zero-order valence-corrected chi connectivity index (χ0v) is 15.8. The smallest absolute Gasteiger partial charge is 0.272 e. The molecule has 2 aromatic rings. The van der Waals surface area contributed by atoms with Crippen LogP contribution < -0.4 is 0 Å². The van der Waals surface area contributed by atoms with Gasteiger partial charge in [0, 0.05) is 44.3 Å². The highest BCUT2D eigenvalue weighted by Gasteiger charge is 2.44. The fraction of sp³-hybridized carbons (Fsp3) is 0.476. The molecule has 2 aliphatic heterocycles. The van der Waals surface area contributed by atoms with Crippen LogP contribution in [-0.2, 0) is 11.3 Å². The zero-order chi connectivity index (χ0) is 18.7. The molecule has 4 rings (SSSR count). The predicted molar refractivity (Wildman–Crippen MR) is 102 cm³/mol. The average molecular weight is 366 g/mol. The van der Waals surface area contributed by atoms with Crippen molar-refractivity contribution in [2.24, 2.45) is 0 Å². The van der Waals surface area contributed by atoms with Gasteiger partial charge in [-0.05, 0) is 50.1 Å². The quantitative estimate of drug-likeness (QED) is 0.831. The van der Waals surface area contributed by atoms with Crippen LogP contribution in [0.15, 0.2) is 48.9 Å². The van der Waals surface area contributed by atoms with E-state index in [9.17, 15) is 4.79 Å². The number of pyridine rings is 2. The molecule has 1 atom stereocenters. The highest BCUT2D eigenvalue weighted by atomic mass is 16.5. The van der Waals surface area contributed by atoms with Gasteiger partial charge >= 0.3 is 0 Å². The normalized spacial score (nSPS) is 21.7. The second-order valence-corrected chi connectivity index (χ2v) is 7.64. The summed E-state index contributed by atoms with van der Waals surface area (Å²) in [7, 11) is 2.15. The van der Waals surface area contributed by atoms with Crippen LogP contribution in [0.25, 0.3) is 0 Å². The van der Waals surface area contributed by atoms with Gasteiger partial charge in [0.15, 0.2) is 0 Å². The van der Waals surface area contributed by atoms with E-state index in [1.807, 2.05) is 29.3 Å². The van der Waals surface area contributed by atoms with E-state index < -0.39 is 0 Å². The van der Waals surface area contributed by atoms with Crippen LogP contribution in [-0.4, -0.2) is 64.1 Å². The number of likely N-dealkylation sites (tertiary alicyclic amines) is 1. The van der Waals surface area contributed by atoms with E-state index in [0.717, 1.165) is 45.5 Å². The Hall–Kier alpha value is -2.31. The topological polar surface area (TPSA) is 58.6 Å². The lowest BCUT2D eigenvalue weighted by Crippen LogP contribution is -2.47. The molecule has 27 heavy (non-hydrogen) atoms. The van der Waals surface area contributed by atoms with Gasteiger partial charge in [0.1, 0.15) is 5.69 Å². The summed E-state index contributed by atoms with van der Waals surface area (Å²) in [5.74, 6) is 0.0219. The van der Waals surface area contributed by atoms with Crippen LogP contribution in [0, 0.1) is 0 Å². The van der Waals surface area contributed by atoms with Gasteiger partial charge in [0.2, 0.25) is 0 Å². The molecule has 2 saturated heterocycles. The molecular formula is C21H26N4O2. The van der Waals surface area contributed by atoms with E-state index >= 15 is 0 Å². The third-order valence-electron chi connectivity index (χ3n) is 5.81. The van der Waals surface area contributed by atoms with Gasteiger partial charge in [-0.25, -0.2) is 0 Å². The molecule has 2 fully saturated rings. The summed E-state index contributed by atoms with van der Waals surface area (Å²) in [4.78, 5) is 25.2. The fourth-order valence-corrected chi connectivity index (χ4v) is 4.13. The largest absolute Gasteiger partial charge is 0.373 e. The number of likely N-dealkylation sites (N-methyl/N-ethyl adjacent to an activating group) is 1. The molecule has 0 radical (unpaired) electrons. The molecule has 0 bridgehead atoms. The van der Waals surface area contributed by atoms with Gasteiger partial charge in [0.05, 0.1) is 12.2 Å². The van der Waals surface area contributed by atoms with E-state index in [0.29, 0.717) is 11.7 Å². The maximum atomic E-state index is 12.6. The summed E-state index contributed by atoms with van der Waals surface area (Å²) in [6.45, 7) is 3.09. The maximum absolute atomic E-state index is 12.6. The summed E-state index contributed by atoms with van der Waals surface area (Å²) in [6.07, 6.45) is 8.20. The Labute approximate surface area is 160 Å². The number of nitrogens with zero attached hydrogens (tertiary/aromatic N) is 4. The minimum atomic E-state index is -0.0885. The highest BCUT2D eigenvalue weighted by molar-refractivity contribution is 5.92. The van der Waals surface area contributed by atoms with Crippen molar-refractivity contribution in [3.8, 4) is 0 Å². The van der Waals surface area contributed by atoms with Gasteiger partial charge in [-0.15, -0.1) is 0 Å². The van der Waals surface area contributed by atoms with Gasteiger partial charge in [-0.2, -0.15) is 0 Å². The number of carbonyl (C=O) groups is 1. The summed E-state index contributed by atoms with van der Waals surface area (Å²) in [5.41, 5.74) is 1.65. The Morgan fingerprint density at radius 2 is 2.11 bits per heavy atom. The van der Waals surface area contributed by atoms with Crippen LogP contribution in [0.2, 0.25) is 0 Å². The summed E-state index contributed by atoms with van der Waals surface area (Å²) >= 11 is 0. The summed E-state index contributed by atoms with van der Waals surface area (Å²) < 4.78 is 6.28. The highest BCUT2D eigenvalue weighted by Crippen LogP contribution is 2.37. The predicted octanol–water partition coefficient (Wildman–Crippen LogP) is 2.37. The van der Waals surface area contributed by atoms with Crippen LogP contribution in [0.5, 0.6) is 0 Å². The lowest BCUT2D eigenvalue weighted by molar-refractivity contribution is -0.0394. The fourth-order valence-electron chi connectivity index (χ4n) is 4.13. The van der Waals surface area contributed by atoms with E-state index in [-0.39, 0.29) is 11.5 Å². The van der Waals surface area contributed by atoms with Crippen molar-refractivity contribution in [2.45, 2.75) is 37.5 Å². The first-order valence-corrected chi connectivity index (χ1v) is 9.59. The second kappa shape index (κ2) is 7.74. The molecule has 0 N–H and O–H groups in total. The minimum absolute atomic E-state index is 0.0219. The number of carbonyl (C=O) groups excluding carboxylic acids is 1. The third-order valence-corrected chi connectivity index (χ3v) is 5.81. The molecule has 2 aliphatic rings. The van der Waals surface area contributed by atoms with Gasteiger partial charge < -0.3 is 9.64 Å². The molecule has 2 aromatic heterocycles. The maximum Gasteiger partial charge on any atom is 0.272 e. The number of hydrogen-bond donors (Lipinski definition) is 0. The zero-order valence-electron chi connectivity index (χ0n) is 15.8. The molecule has 0 unspecified atom stereocenters. The first kappa shape index (κ1) is 18.1. The molecule has 1 spiro atoms. The van der Waals surface area contributed by atoms with Gasteiger partial charge in [-0.1, -0.05) is 12.1 Å². The number of piperidine rings is 1. The molecule has 0 aromatic carbocycles. The molecule has 142 valence electrons. The van der Waals surface area contributed by atoms with Crippen molar-refractivity contribution in [1.29, 1.82) is 0 Å². The number of hydrogen-bond acceptors (Lipinski definition) is 5. The summed E-state index contributed by atoms with van der Waals surface area (Å²) in [5, 5.41) is 0. The number of ether oxygens (including phenoxy) is 1. The lowest BCUT2D eigenvalue weighted by Gasteiger charge is -2.38. The van der Waals surface area contributed by atoms with E-state index in [1.165, 1.54) is 5.56 Å². The Morgan fingerprint density at radius 3 is 2.81 bits per heavy atom. The Morgan fingerprint density at radius 1 is 1.26 bits per heavy atom. The first-order chi connectivity index (χ1) is 13.2. The van der Waals surface area contributed by atoms with Crippen molar-refractivity contribution >= 4 is 5.91 Å². The molecule has 6 heteroatoms. The Balaban J connectivity index is 1.32. The summed E-state index contributed by atoms with van der Waals surface area (Å²) in [6, 6.07) is 9.96. The van der Waals surface area contributed by atoms with Crippen molar-refractivity contribution < 1.29 is 9.53 Å². The molecule has 6 nitrogen and oxygen atoms in total. The van der Waals surface area contributed by atoms with Crippen molar-refractivity contribution in [1.82, 2.24) is 19.8 Å². The SMILES string of the molecule is CN(Cc1cccnc1)[C@@H]1COC2(CCN(C(=O)c3ccccn3)CC2)C1. The average Bonchev–Trinajstić information content (AvgIpc) is 3.13. The molecule has 4 heterocycles. The Bertz CT molecular complexity index is 760. The first-order valence-electron chi connectivity index (χ1n) is 9.59. The van der Waals surface area contributed by atoms with Crippen LogP contribution >= 0.6 is 0 Å². The van der Waals surface area contributed by atoms with Gasteiger partial charge in [0.25, 0.3) is 5.91 Å². The van der Waals surface area contributed by atoms with E-state index in [2.05, 4.69) is 28.0 Å². The van der Waals surface area contributed by atoms with Crippen molar-refractivity contribution in [2.75, 3.05) is 26.7 Å². The Kier molecular flexibility index (Phi) is 5.18. The molecule has 1 amide bonds. The lowest BCUT2D eigenvalue weighted by atomic mass is 9.87. The minimum Gasteiger partial charge on any atom is -0.373 e. The second-order valence-electron chi connectivity index (χ2n) is 7.64. The van der Waals surface area contributed by atoms with E-state index in [4.69, 9.17) is 4.74 Å². The number of amides is 1. The van der Waals surface area contributed by atoms with Gasteiger partial charge in [-0.3, -0.25) is 19.7 Å². The number of rotatable bonds is 4. The molecule has 0 saturated carbocycles. The molecule has 0 aliphatic carbocycles. The standard InChI is InChI=1S/C21H26N4O2/c1-24(15-17-5-4-9-22-14-17)18-13-21(27-16-18)7-11-25(12-8-21)20(26)19-6-2-3-10-23-19/h2-6,9-10,14,18H,7-8,11-13,15-16H2,1H3/t18-/m0/s1. The van der Waals surface area contributed by atoms with Crippen LogP contribution in [0.1, 0.15) is 35.3 Å². The van der Waals surface area contributed by atoms with Crippen molar-refractivity contribution in [3.63, 3.8) is 0 Å². The van der Waals surface area contributed by atoms with Crippen LogP contribution in [0.3, 0.4) is 0 Å². The molecular weight excluding hydrogens is 340 g/mol. The third kappa shape index (κ3) is 4.01. The van der Waals surface area contributed by atoms with Crippen molar-refractivity contribution in [3.05, 3.63) is 60.2 Å².